The first kappa shape index (κ1) is 16.8. The molecule has 1 saturated heterocycles. The number of likely N-dealkylation sites (tertiary alicyclic amines) is 1. The molecular weight excluding hydrogens is 330 g/mol. The van der Waals surface area contributed by atoms with Crippen molar-refractivity contribution in [3.63, 3.8) is 0 Å². The van der Waals surface area contributed by atoms with Crippen molar-refractivity contribution < 1.29 is 9.59 Å². The van der Waals surface area contributed by atoms with Crippen molar-refractivity contribution in [3.8, 4) is 0 Å². The van der Waals surface area contributed by atoms with Gasteiger partial charge in [-0.3, -0.25) is 24.1 Å². The first-order valence-electron chi connectivity index (χ1n) is 9.01. The van der Waals surface area contributed by atoms with Gasteiger partial charge in [0.2, 0.25) is 5.91 Å². The van der Waals surface area contributed by atoms with Crippen molar-refractivity contribution >= 4 is 28.9 Å². The second kappa shape index (κ2) is 6.25. The highest BCUT2D eigenvalue weighted by Crippen LogP contribution is 2.40. The number of nitrogens with zero attached hydrogens (tertiary/aromatic N) is 4. The molecule has 0 aliphatic carbocycles. The van der Waals surface area contributed by atoms with Gasteiger partial charge in [0.05, 0.1) is 23.1 Å². The second-order valence-electron chi connectivity index (χ2n) is 6.97. The van der Waals surface area contributed by atoms with Crippen LogP contribution >= 0.6 is 0 Å². The lowest BCUT2D eigenvalue weighted by atomic mass is 10.1. The van der Waals surface area contributed by atoms with Crippen molar-refractivity contribution in [1.82, 2.24) is 14.7 Å². The summed E-state index contributed by atoms with van der Waals surface area (Å²) in [6, 6.07) is 7.16. The molecular formula is C19H23N5O2. The number of amides is 2. The Morgan fingerprint density at radius 1 is 1.23 bits per heavy atom. The van der Waals surface area contributed by atoms with Crippen LogP contribution in [0.15, 0.2) is 24.3 Å². The molecule has 0 bridgehead atoms. The van der Waals surface area contributed by atoms with Crippen LogP contribution in [-0.2, 0) is 11.8 Å². The SMILES string of the molecule is Cc1nn(C)c2c1N(C(=O)C(C)N1CCCC1)c1ccccc1NC2=O. The van der Waals surface area contributed by atoms with E-state index in [0.717, 1.165) is 25.9 Å². The summed E-state index contributed by atoms with van der Waals surface area (Å²) < 4.78 is 1.55. The topological polar surface area (TPSA) is 70.5 Å². The summed E-state index contributed by atoms with van der Waals surface area (Å²) >= 11 is 0. The largest absolute Gasteiger partial charge is 0.319 e. The monoisotopic (exact) mass is 353 g/mol. The fourth-order valence-corrected chi connectivity index (χ4v) is 3.95. The average molecular weight is 353 g/mol. The van der Waals surface area contributed by atoms with Crippen LogP contribution in [0.25, 0.3) is 0 Å². The number of carbonyl (C=O) groups excluding carboxylic acids is 2. The molecule has 2 aliphatic rings. The average Bonchev–Trinajstić information content (AvgIpc) is 3.21. The van der Waals surface area contributed by atoms with Crippen molar-refractivity contribution in [2.45, 2.75) is 32.7 Å². The Morgan fingerprint density at radius 2 is 1.92 bits per heavy atom. The molecule has 0 radical (unpaired) electrons. The van der Waals surface area contributed by atoms with E-state index in [1.807, 2.05) is 38.1 Å². The van der Waals surface area contributed by atoms with Crippen LogP contribution in [0.3, 0.4) is 0 Å². The zero-order valence-electron chi connectivity index (χ0n) is 15.3. The molecule has 7 nitrogen and oxygen atoms in total. The number of aromatic nitrogens is 2. The van der Waals surface area contributed by atoms with E-state index in [9.17, 15) is 9.59 Å². The molecule has 0 saturated carbocycles. The molecule has 26 heavy (non-hydrogen) atoms. The van der Waals surface area contributed by atoms with Gasteiger partial charge in [0.25, 0.3) is 5.91 Å². The standard InChI is InChI=1S/C19H23N5O2/c1-12-16-17(22(3)21-12)18(25)20-14-8-4-5-9-15(14)24(16)19(26)13(2)23-10-6-7-11-23/h4-5,8-9,13H,6-7,10-11H2,1-3H3,(H,20,25). The van der Waals surface area contributed by atoms with E-state index in [4.69, 9.17) is 0 Å². The maximum absolute atomic E-state index is 13.5. The van der Waals surface area contributed by atoms with Gasteiger partial charge in [0.15, 0.2) is 5.69 Å². The Morgan fingerprint density at radius 3 is 2.65 bits per heavy atom. The molecule has 4 rings (SSSR count). The Labute approximate surface area is 152 Å². The quantitative estimate of drug-likeness (QED) is 0.900. The Balaban J connectivity index is 1.88. The maximum Gasteiger partial charge on any atom is 0.276 e. The van der Waals surface area contributed by atoms with E-state index >= 15 is 0 Å². The second-order valence-corrected chi connectivity index (χ2v) is 6.97. The molecule has 0 spiro atoms. The maximum atomic E-state index is 13.5. The summed E-state index contributed by atoms with van der Waals surface area (Å²) in [6.07, 6.45) is 2.23. The molecule has 1 N–H and O–H groups in total. The fraction of sp³-hybridized carbons (Fsp3) is 0.421. The number of carbonyl (C=O) groups is 2. The Kier molecular flexibility index (Phi) is 4.03. The number of hydrogen-bond acceptors (Lipinski definition) is 4. The number of nitrogens with one attached hydrogen (secondary N) is 1. The lowest BCUT2D eigenvalue weighted by Gasteiger charge is -2.30. The van der Waals surface area contributed by atoms with Crippen LogP contribution in [0.5, 0.6) is 0 Å². The van der Waals surface area contributed by atoms with Gasteiger partial charge in [-0.1, -0.05) is 12.1 Å². The molecule has 1 aromatic carbocycles. The van der Waals surface area contributed by atoms with Crippen molar-refractivity contribution in [3.05, 3.63) is 35.7 Å². The smallest absolute Gasteiger partial charge is 0.276 e. The van der Waals surface area contributed by atoms with Gasteiger partial charge in [0.1, 0.15) is 5.69 Å². The van der Waals surface area contributed by atoms with Crippen LogP contribution in [0.2, 0.25) is 0 Å². The molecule has 1 atom stereocenters. The molecule has 2 aromatic rings. The third-order valence-corrected chi connectivity index (χ3v) is 5.29. The van der Waals surface area contributed by atoms with Gasteiger partial charge >= 0.3 is 0 Å². The normalized spacial score (nSPS) is 18.1. The first-order chi connectivity index (χ1) is 12.5. The zero-order chi connectivity index (χ0) is 18.4. The van der Waals surface area contributed by atoms with E-state index < -0.39 is 0 Å². The number of aryl methyl sites for hydroxylation is 2. The van der Waals surface area contributed by atoms with E-state index in [2.05, 4.69) is 15.3 Å². The zero-order valence-corrected chi connectivity index (χ0v) is 15.3. The van der Waals surface area contributed by atoms with Crippen LogP contribution < -0.4 is 10.2 Å². The molecule has 1 fully saturated rings. The molecule has 3 heterocycles. The predicted molar refractivity (Wildman–Crippen MR) is 99.8 cm³/mol. The first-order valence-corrected chi connectivity index (χ1v) is 9.01. The lowest BCUT2D eigenvalue weighted by molar-refractivity contribution is -0.122. The molecule has 1 aromatic heterocycles. The third-order valence-electron chi connectivity index (χ3n) is 5.29. The van der Waals surface area contributed by atoms with Crippen LogP contribution in [0.1, 0.15) is 35.9 Å². The Hall–Kier alpha value is -2.67. The molecule has 136 valence electrons. The number of hydrogen-bond donors (Lipinski definition) is 1. The molecule has 1 unspecified atom stereocenters. The van der Waals surface area contributed by atoms with Crippen LogP contribution in [0, 0.1) is 6.92 Å². The fourth-order valence-electron chi connectivity index (χ4n) is 3.95. The lowest BCUT2D eigenvalue weighted by Crippen LogP contribution is -2.44. The van der Waals surface area contributed by atoms with E-state index in [-0.39, 0.29) is 17.9 Å². The third kappa shape index (κ3) is 2.50. The van der Waals surface area contributed by atoms with Gasteiger partial charge < -0.3 is 5.32 Å². The van der Waals surface area contributed by atoms with Crippen molar-refractivity contribution in [2.75, 3.05) is 23.3 Å². The summed E-state index contributed by atoms with van der Waals surface area (Å²) in [7, 11) is 1.73. The summed E-state index contributed by atoms with van der Waals surface area (Å²) in [5.74, 6) is -0.284. The van der Waals surface area contributed by atoms with Gasteiger partial charge in [-0.05, 0) is 51.9 Å². The number of anilines is 3. The van der Waals surface area contributed by atoms with E-state index in [1.165, 1.54) is 0 Å². The van der Waals surface area contributed by atoms with Crippen molar-refractivity contribution in [1.29, 1.82) is 0 Å². The minimum absolute atomic E-state index is 0.0341. The molecule has 7 heteroatoms. The van der Waals surface area contributed by atoms with Crippen LogP contribution in [0.4, 0.5) is 17.1 Å². The minimum Gasteiger partial charge on any atom is -0.319 e. The summed E-state index contributed by atoms with van der Waals surface area (Å²) in [5.41, 5.74) is 2.96. The van der Waals surface area contributed by atoms with Gasteiger partial charge in [0, 0.05) is 7.05 Å². The van der Waals surface area contributed by atoms with Crippen LogP contribution in [-0.4, -0.2) is 45.6 Å². The summed E-state index contributed by atoms with van der Waals surface area (Å²) in [6.45, 7) is 5.64. The Bertz CT molecular complexity index is 882. The molecule has 2 aliphatic heterocycles. The highest BCUT2D eigenvalue weighted by molar-refractivity contribution is 6.18. The minimum atomic E-state index is -0.258. The summed E-state index contributed by atoms with van der Waals surface area (Å²) in [4.78, 5) is 30.2. The van der Waals surface area contributed by atoms with Gasteiger partial charge in [-0.25, -0.2) is 0 Å². The summed E-state index contributed by atoms with van der Waals surface area (Å²) in [5, 5.41) is 7.31. The number of para-hydroxylation sites is 2. The predicted octanol–water partition coefficient (Wildman–Crippen LogP) is 2.44. The van der Waals surface area contributed by atoms with E-state index in [1.54, 1.807) is 16.6 Å². The van der Waals surface area contributed by atoms with Gasteiger partial charge in [-0.15, -0.1) is 0 Å². The highest BCUT2D eigenvalue weighted by atomic mass is 16.2. The highest BCUT2D eigenvalue weighted by Gasteiger charge is 2.37. The molecule has 2 amide bonds. The number of benzene rings is 1. The number of rotatable bonds is 2. The van der Waals surface area contributed by atoms with E-state index in [0.29, 0.717) is 28.5 Å². The number of fused-ring (bicyclic) bond motifs is 2. The van der Waals surface area contributed by atoms with Crippen molar-refractivity contribution in [2.24, 2.45) is 7.05 Å². The van der Waals surface area contributed by atoms with Gasteiger partial charge in [-0.2, -0.15) is 5.10 Å².